The Morgan fingerprint density at radius 1 is 1.40 bits per heavy atom. The molecule has 1 aliphatic carbocycles. The molecule has 0 aromatic carbocycles. The third-order valence-corrected chi connectivity index (χ3v) is 2.78. The highest BCUT2D eigenvalue weighted by Gasteiger charge is 2.25. The van der Waals surface area contributed by atoms with Gasteiger partial charge in [0.2, 0.25) is 0 Å². The maximum absolute atomic E-state index is 8.87. The van der Waals surface area contributed by atoms with Crippen LogP contribution in [0.25, 0.3) is 0 Å². The van der Waals surface area contributed by atoms with Crippen molar-refractivity contribution in [3.63, 3.8) is 0 Å². The minimum Gasteiger partial charge on any atom is -0.396 e. The van der Waals surface area contributed by atoms with Crippen molar-refractivity contribution < 1.29 is 5.11 Å². The molecule has 0 aromatic rings. The van der Waals surface area contributed by atoms with Crippen molar-refractivity contribution in [2.24, 2.45) is 17.8 Å². The highest BCUT2D eigenvalue weighted by molar-refractivity contribution is 4.76. The molecule has 0 unspecified atom stereocenters. The second-order valence-corrected chi connectivity index (χ2v) is 3.87. The molecule has 1 heteroatoms. The van der Waals surface area contributed by atoms with E-state index in [4.69, 9.17) is 5.11 Å². The lowest BCUT2D eigenvalue weighted by Crippen LogP contribution is -2.05. The van der Waals surface area contributed by atoms with Gasteiger partial charge in [-0.2, -0.15) is 0 Å². The van der Waals surface area contributed by atoms with Crippen LogP contribution in [0.5, 0.6) is 0 Å². The van der Waals surface area contributed by atoms with E-state index in [2.05, 4.69) is 13.8 Å². The van der Waals surface area contributed by atoms with Gasteiger partial charge in [-0.15, -0.1) is 0 Å². The van der Waals surface area contributed by atoms with Gasteiger partial charge < -0.3 is 5.11 Å². The molecule has 60 valence electrons. The Kier molecular flexibility index (Phi) is 2.72. The van der Waals surface area contributed by atoms with E-state index in [9.17, 15) is 0 Å². The standard InChI is InChI=1S/C9H18O/c1-7(2)9-4-3-8(5-9)6-10/h7-10H,3-6H2,1-2H3/t8-,9-/m1/s1. The van der Waals surface area contributed by atoms with Gasteiger partial charge in [-0.25, -0.2) is 0 Å². The summed E-state index contributed by atoms with van der Waals surface area (Å²) < 4.78 is 0. The zero-order valence-corrected chi connectivity index (χ0v) is 7.01. The largest absolute Gasteiger partial charge is 0.396 e. The van der Waals surface area contributed by atoms with Gasteiger partial charge >= 0.3 is 0 Å². The Bertz CT molecular complexity index is 98.9. The second-order valence-electron chi connectivity index (χ2n) is 3.87. The van der Waals surface area contributed by atoms with Crippen LogP contribution in [0.4, 0.5) is 0 Å². The Morgan fingerprint density at radius 2 is 2.10 bits per heavy atom. The van der Waals surface area contributed by atoms with Crippen molar-refractivity contribution in [3.05, 3.63) is 0 Å². The Labute approximate surface area is 63.4 Å². The van der Waals surface area contributed by atoms with E-state index < -0.39 is 0 Å². The van der Waals surface area contributed by atoms with Crippen molar-refractivity contribution in [2.45, 2.75) is 33.1 Å². The third-order valence-electron chi connectivity index (χ3n) is 2.78. The second kappa shape index (κ2) is 3.38. The molecule has 0 saturated heterocycles. The van der Waals surface area contributed by atoms with Crippen molar-refractivity contribution >= 4 is 0 Å². The fourth-order valence-electron chi connectivity index (χ4n) is 1.88. The fourth-order valence-corrected chi connectivity index (χ4v) is 1.88. The SMILES string of the molecule is CC(C)[C@@H]1CC[C@@H](CO)C1. The summed E-state index contributed by atoms with van der Waals surface area (Å²) in [4.78, 5) is 0. The lowest BCUT2D eigenvalue weighted by Gasteiger charge is -2.13. The summed E-state index contributed by atoms with van der Waals surface area (Å²) >= 11 is 0. The average molecular weight is 142 g/mol. The van der Waals surface area contributed by atoms with Gasteiger partial charge in [0.1, 0.15) is 0 Å². The van der Waals surface area contributed by atoms with E-state index in [0.717, 1.165) is 11.8 Å². The van der Waals surface area contributed by atoms with Crippen LogP contribution in [0.1, 0.15) is 33.1 Å². The highest BCUT2D eigenvalue weighted by Crippen LogP contribution is 2.34. The molecule has 0 aromatic heterocycles. The van der Waals surface area contributed by atoms with Gasteiger partial charge in [0.25, 0.3) is 0 Å². The van der Waals surface area contributed by atoms with Crippen LogP contribution in [0.3, 0.4) is 0 Å². The lowest BCUT2D eigenvalue weighted by atomic mass is 9.93. The molecule has 1 N–H and O–H groups in total. The van der Waals surface area contributed by atoms with Crippen LogP contribution in [-0.2, 0) is 0 Å². The van der Waals surface area contributed by atoms with E-state index in [0.29, 0.717) is 12.5 Å². The summed E-state index contributed by atoms with van der Waals surface area (Å²) in [6, 6.07) is 0. The molecule has 1 saturated carbocycles. The maximum Gasteiger partial charge on any atom is 0.0459 e. The molecule has 2 atom stereocenters. The molecule has 1 rings (SSSR count). The number of hydrogen-bond acceptors (Lipinski definition) is 1. The van der Waals surface area contributed by atoms with Gasteiger partial charge in [-0.05, 0) is 37.0 Å². The number of hydrogen-bond donors (Lipinski definition) is 1. The first-order valence-corrected chi connectivity index (χ1v) is 4.35. The van der Waals surface area contributed by atoms with E-state index >= 15 is 0 Å². The molecule has 0 aliphatic heterocycles. The summed E-state index contributed by atoms with van der Waals surface area (Å²) in [5.41, 5.74) is 0. The van der Waals surface area contributed by atoms with Crippen LogP contribution < -0.4 is 0 Å². The van der Waals surface area contributed by atoms with Gasteiger partial charge in [-0.1, -0.05) is 13.8 Å². The molecule has 1 nitrogen and oxygen atoms in total. The number of aliphatic hydroxyl groups excluding tert-OH is 1. The lowest BCUT2D eigenvalue weighted by molar-refractivity contribution is 0.222. The predicted molar refractivity (Wildman–Crippen MR) is 42.8 cm³/mol. The molecular weight excluding hydrogens is 124 g/mol. The molecule has 0 spiro atoms. The van der Waals surface area contributed by atoms with Gasteiger partial charge in [0, 0.05) is 6.61 Å². The van der Waals surface area contributed by atoms with Crippen LogP contribution in [-0.4, -0.2) is 11.7 Å². The molecule has 1 fully saturated rings. The number of aliphatic hydroxyl groups is 1. The van der Waals surface area contributed by atoms with Crippen molar-refractivity contribution in [1.82, 2.24) is 0 Å². The summed E-state index contributed by atoms with van der Waals surface area (Å²) in [6.45, 7) is 4.97. The Morgan fingerprint density at radius 3 is 2.40 bits per heavy atom. The van der Waals surface area contributed by atoms with E-state index in [1.807, 2.05) is 0 Å². The quantitative estimate of drug-likeness (QED) is 0.625. The summed E-state index contributed by atoms with van der Waals surface area (Å²) in [6.07, 6.45) is 3.84. The Hall–Kier alpha value is -0.0400. The molecule has 0 radical (unpaired) electrons. The first kappa shape index (κ1) is 8.06. The van der Waals surface area contributed by atoms with Crippen molar-refractivity contribution in [3.8, 4) is 0 Å². The zero-order valence-electron chi connectivity index (χ0n) is 7.01. The van der Waals surface area contributed by atoms with Crippen LogP contribution in [0.15, 0.2) is 0 Å². The number of rotatable bonds is 2. The first-order valence-electron chi connectivity index (χ1n) is 4.35. The van der Waals surface area contributed by atoms with Crippen LogP contribution in [0, 0.1) is 17.8 Å². The van der Waals surface area contributed by atoms with E-state index in [-0.39, 0.29) is 0 Å². The van der Waals surface area contributed by atoms with Gasteiger partial charge in [0.15, 0.2) is 0 Å². The average Bonchev–Trinajstić information content (AvgIpc) is 2.34. The molecule has 10 heavy (non-hydrogen) atoms. The van der Waals surface area contributed by atoms with Crippen molar-refractivity contribution in [2.75, 3.05) is 6.61 Å². The molecular formula is C9H18O. The smallest absolute Gasteiger partial charge is 0.0459 e. The predicted octanol–water partition coefficient (Wildman–Crippen LogP) is 2.05. The van der Waals surface area contributed by atoms with Gasteiger partial charge in [-0.3, -0.25) is 0 Å². The summed E-state index contributed by atoms with van der Waals surface area (Å²) in [5, 5.41) is 8.87. The van der Waals surface area contributed by atoms with Crippen LogP contribution in [0.2, 0.25) is 0 Å². The fraction of sp³-hybridized carbons (Fsp3) is 1.00. The molecule has 0 heterocycles. The van der Waals surface area contributed by atoms with Crippen molar-refractivity contribution in [1.29, 1.82) is 0 Å². The van der Waals surface area contributed by atoms with E-state index in [1.165, 1.54) is 19.3 Å². The monoisotopic (exact) mass is 142 g/mol. The molecule has 0 amide bonds. The first-order chi connectivity index (χ1) is 4.74. The minimum absolute atomic E-state index is 0.406. The van der Waals surface area contributed by atoms with Gasteiger partial charge in [0.05, 0.1) is 0 Å². The summed E-state index contributed by atoms with van der Waals surface area (Å²) in [5.74, 6) is 2.32. The minimum atomic E-state index is 0.406. The summed E-state index contributed by atoms with van der Waals surface area (Å²) in [7, 11) is 0. The zero-order chi connectivity index (χ0) is 7.56. The topological polar surface area (TPSA) is 20.2 Å². The Balaban J connectivity index is 2.28. The van der Waals surface area contributed by atoms with E-state index in [1.54, 1.807) is 0 Å². The highest BCUT2D eigenvalue weighted by atomic mass is 16.3. The maximum atomic E-state index is 8.87. The normalized spacial score (nSPS) is 33.6. The third kappa shape index (κ3) is 1.72. The molecule has 0 bridgehead atoms. The molecule has 1 aliphatic rings. The van der Waals surface area contributed by atoms with Crippen LogP contribution >= 0.6 is 0 Å².